The molecule has 184 valence electrons. The smallest absolute Gasteiger partial charge is 0.326 e. The number of aliphatic carboxylic acids is 1. The second-order valence-corrected chi connectivity index (χ2v) is 8.40. The molecule has 33 heavy (non-hydrogen) atoms. The molecule has 1 aromatic rings. The van der Waals surface area contributed by atoms with E-state index in [1.54, 1.807) is 12.1 Å². The van der Waals surface area contributed by atoms with Crippen LogP contribution in [0.25, 0.3) is 0 Å². The maximum atomic E-state index is 12.6. The van der Waals surface area contributed by atoms with Crippen molar-refractivity contribution in [2.24, 2.45) is 11.7 Å². The van der Waals surface area contributed by atoms with E-state index in [-0.39, 0.29) is 29.6 Å². The highest BCUT2D eigenvalue weighted by Gasteiger charge is 2.30. The highest BCUT2D eigenvalue weighted by molar-refractivity contribution is 7.80. The van der Waals surface area contributed by atoms with E-state index in [2.05, 4.69) is 41.2 Å². The average Bonchev–Trinajstić information content (AvgIpc) is 2.80. The number of carboxylic acids is 1. The van der Waals surface area contributed by atoms with E-state index < -0.39 is 47.9 Å². The standard InChI is InChI=1S/C21H32N4O6S2/c1-3-11(2)17(22)20(29)25-16(10-33)19(28)24-15(9-32)18(27)23-14(21(30)31)8-12-4-6-13(26)7-5-12/h4-7,11,14-17,26,32-33H,3,8-10,22H2,1-2H3,(H,23,27)(H,24,28)(H,25,29)(H,30,31). The minimum atomic E-state index is -1.27. The maximum Gasteiger partial charge on any atom is 0.326 e. The summed E-state index contributed by atoms with van der Waals surface area (Å²) in [6.07, 6.45) is 0.653. The molecule has 0 radical (unpaired) electrons. The van der Waals surface area contributed by atoms with E-state index in [4.69, 9.17) is 5.73 Å². The molecule has 0 spiro atoms. The summed E-state index contributed by atoms with van der Waals surface area (Å²) in [6.45, 7) is 3.71. The number of benzene rings is 1. The van der Waals surface area contributed by atoms with Crippen molar-refractivity contribution in [3.05, 3.63) is 29.8 Å². The third-order valence-corrected chi connectivity index (χ3v) is 5.91. The van der Waals surface area contributed by atoms with E-state index in [0.29, 0.717) is 12.0 Å². The number of rotatable bonds is 13. The molecule has 0 saturated carbocycles. The largest absolute Gasteiger partial charge is 0.508 e. The molecule has 0 heterocycles. The molecule has 1 rings (SSSR count). The summed E-state index contributed by atoms with van der Waals surface area (Å²) in [5.74, 6) is -3.40. The van der Waals surface area contributed by atoms with Crippen molar-refractivity contribution in [1.82, 2.24) is 16.0 Å². The van der Waals surface area contributed by atoms with Gasteiger partial charge >= 0.3 is 5.97 Å². The molecule has 0 saturated heterocycles. The number of hydrogen-bond acceptors (Lipinski definition) is 8. The molecule has 0 bridgehead atoms. The number of phenols is 1. The van der Waals surface area contributed by atoms with Gasteiger partial charge in [-0.3, -0.25) is 14.4 Å². The van der Waals surface area contributed by atoms with Gasteiger partial charge in [0.1, 0.15) is 23.9 Å². The Morgan fingerprint density at radius 2 is 1.36 bits per heavy atom. The van der Waals surface area contributed by atoms with Crippen LogP contribution in [0.3, 0.4) is 0 Å². The predicted octanol–water partition coefficient (Wildman–Crippen LogP) is -0.293. The Bertz CT molecular complexity index is 823. The van der Waals surface area contributed by atoms with Gasteiger partial charge in [-0.05, 0) is 23.6 Å². The fourth-order valence-electron chi connectivity index (χ4n) is 2.78. The lowest BCUT2D eigenvalue weighted by Gasteiger charge is -2.24. The van der Waals surface area contributed by atoms with Crippen molar-refractivity contribution in [2.75, 3.05) is 11.5 Å². The molecule has 5 atom stereocenters. The molecule has 12 heteroatoms. The van der Waals surface area contributed by atoms with Crippen LogP contribution in [0, 0.1) is 5.92 Å². The minimum Gasteiger partial charge on any atom is -0.508 e. The van der Waals surface area contributed by atoms with Gasteiger partial charge < -0.3 is 31.9 Å². The fraction of sp³-hybridized carbons (Fsp3) is 0.524. The molecule has 7 N–H and O–H groups in total. The van der Waals surface area contributed by atoms with Crippen LogP contribution in [0.5, 0.6) is 5.75 Å². The van der Waals surface area contributed by atoms with Gasteiger partial charge in [0.25, 0.3) is 0 Å². The second kappa shape index (κ2) is 14.0. The van der Waals surface area contributed by atoms with Crippen LogP contribution in [0.4, 0.5) is 0 Å². The van der Waals surface area contributed by atoms with E-state index in [9.17, 15) is 29.4 Å². The summed E-state index contributed by atoms with van der Waals surface area (Å²) in [6, 6.07) is 1.64. The molecule has 10 nitrogen and oxygen atoms in total. The van der Waals surface area contributed by atoms with E-state index in [0.717, 1.165) is 0 Å². The number of hydrogen-bond donors (Lipinski definition) is 8. The molecular weight excluding hydrogens is 468 g/mol. The van der Waals surface area contributed by atoms with Gasteiger partial charge in [-0.2, -0.15) is 25.3 Å². The molecule has 0 aliphatic rings. The molecule has 0 fully saturated rings. The van der Waals surface area contributed by atoms with Crippen LogP contribution >= 0.6 is 25.3 Å². The number of carbonyl (C=O) groups is 4. The summed E-state index contributed by atoms with van der Waals surface area (Å²) in [4.78, 5) is 49.2. The quantitative estimate of drug-likeness (QED) is 0.172. The Morgan fingerprint density at radius 1 is 0.909 bits per heavy atom. The van der Waals surface area contributed by atoms with Crippen LogP contribution < -0.4 is 21.7 Å². The number of nitrogens with two attached hydrogens (primary N) is 1. The van der Waals surface area contributed by atoms with Gasteiger partial charge in [0.15, 0.2) is 0 Å². The maximum absolute atomic E-state index is 12.6. The number of carboxylic acid groups (broad SMARTS) is 1. The molecular formula is C21H32N4O6S2. The predicted molar refractivity (Wildman–Crippen MR) is 130 cm³/mol. The number of nitrogens with one attached hydrogen (secondary N) is 3. The molecule has 0 aliphatic heterocycles. The van der Waals surface area contributed by atoms with Gasteiger partial charge in [-0.25, -0.2) is 4.79 Å². The first-order chi connectivity index (χ1) is 15.5. The Balaban J connectivity index is 2.79. The monoisotopic (exact) mass is 500 g/mol. The summed E-state index contributed by atoms with van der Waals surface area (Å²) >= 11 is 8.17. The summed E-state index contributed by atoms with van der Waals surface area (Å²) in [7, 11) is 0. The molecule has 5 unspecified atom stereocenters. The first-order valence-electron chi connectivity index (χ1n) is 10.4. The van der Waals surface area contributed by atoms with Gasteiger partial charge in [0.05, 0.1) is 6.04 Å². The van der Waals surface area contributed by atoms with Crippen molar-refractivity contribution in [3.63, 3.8) is 0 Å². The van der Waals surface area contributed by atoms with Crippen LogP contribution in [0.2, 0.25) is 0 Å². The third-order valence-electron chi connectivity index (χ3n) is 5.18. The zero-order valence-electron chi connectivity index (χ0n) is 18.5. The van der Waals surface area contributed by atoms with Crippen molar-refractivity contribution in [3.8, 4) is 5.75 Å². The van der Waals surface area contributed by atoms with Crippen molar-refractivity contribution in [1.29, 1.82) is 0 Å². The van der Waals surface area contributed by atoms with Crippen LogP contribution in [0.15, 0.2) is 24.3 Å². The van der Waals surface area contributed by atoms with E-state index in [1.165, 1.54) is 12.1 Å². The summed E-state index contributed by atoms with van der Waals surface area (Å²) in [5, 5.41) is 26.2. The van der Waals surface area contributed by atoms with E-state index in [1.807, 2.05) is 13.8 Å². The Labute approximate surface area is 203 Å². The average molecular weight is 501 g/mol. The molecule has 3 amide bonds. The lowest BCUT2D eigenvalue weighted by molar-refractivity contribution is -0.142. The van der Waals surface area contributed by atoms with Crippen LogP contribution in [-0.2, 0) is 25.6 Å². The van der Waals surface area contributed by atoms with Gasteiger partial charge in [-0.15, -0.1) is 0 Å². The van der Waals surface area contributed by atoms with Crippen molar-refractivity contribution >= 4 is 48.9 Å². The zero-order chi connectivity index (χ0) is 25.1. The van der Waals surface area contributed by atoms with E-state index >= 15 is 0 Å². The van der Waals surface area contributed by atoms with Gasteiger partial charge in [-0.1, -0.05) is 32.4 Å². The summed E-state index contributed by atoms with van der Waals surface area (Å²) < 4.78 is 0. The highest BCUT2D eigenvalue weighted by atomic mass is 32.1. The highest BCUT2D eigenvalue weighted by Crippen LogP contribution is 2.12. The number of carbonyl (C=O) groups excluding carboxylic acids is 3. The normalized spacial score (nSPS) is 15.4. The lowest BCUT2D eigenvalue weighted by atomic mass is 9.99. The van der Waals surface area contributed by atoms with Gasteiger partial charge in [0.2, 0.25) is 17.7 Å². The number of amides is 3. The lowest BCUT2D eigenvalue weighted by Crippen LogP contribution is -2.58. The SMILES string of the molecule is CCC(C)C(N)C(=O)NC(CS)C(=O)NC(CS)C(=O)NC(Cc1ccc(O)cc1)C(=O)O. The number of aromatic hydroxyl groups is 1. The second-order valence-electron chi connectivity index (χ2n) is 7.67. The van der Waals surface area contributed by atoms with Gasteiger partial charge in [0, 0.05) is 17.9 Å². The van der Waals surface area contributed by atoms with Crippen LogP contribution in [-0.4, -0.2) is 69.6 Å². The Morgan fingerprint density at radius 3 is 1.79 bits per heavy atom. The zero-order valence-corrected chi connectivity index (χ0v) is 20.3. The Kier molecular flexibility index (Phi) is 12.1. The van der Waals surface area contributed by atoms with Crippen molar-refractivity contribution < 1.29 is 29.4 Å². The third kappa shape index (κ3) is 9.14. The molecule has 1 aromatic carbocycles. The summed E-state index contributed by atoms with van der Waals surface area (Å²) in [5.41, 5.74) is 6.48. The Hall–Kier alpha value is -2.44. The number of phenolic OH excluding ortho intramolecular Hbond substituents is 1. The molecule has 0 aliphatic carbocycles. The van der Waals surface area contributed by atoms with Crippen LogP contribution in [0.1, 0.15) is 25.8 Å². The fourth-order valence-corrected chi connectivity index (χ4v) is 3.30. The van der Waals surface area contributed by atoms with Crippen molar-refractivity contribution in [2.45, 2.75) is 50.9 Å². The first kappa shape index (κ1) is 28.6. The minimum absolute atomic E-state index is 0.0303. The number of thiol groups is 2. The topological polar surface area (TPSA) is 171 Å². The first-order valence-corrected chi connectivity index (χ1v) is 11.7. The molecule has 0 aromatic heterocycles.